The van der Waals surface area contributed by atoms with Crippen molar-refractivity contribution >= 4 is 0 Å². The Morgan fingerprint density at radius 1 is 1.47 bits per heavy atom. The molecule has 3 heteroatoms. The molecule has 0 spiro atoms. The normalized spacial score (nSPS) is 22.0. The molecule has 17 heavy (non-hydrogen) atoms. The molecule has 1 aliphatic carbocycles. The van der Waals surface area contributed by atoms with Crippen LogP contribution in [0.15, 0.2) is 24.7 Å². The number of rotatable bonds is 4. The molecule has 0 aliphatic heterocycles. The zero-order valence-electron chi connectivity index (χ0n) is 10.8. The number of nitrogens with zero attached hydrogens (tertiary/aromatic N) is 2. The molecule has 1 aromatic heterocycles. The second-order valence-electron chi connectivity index (χ2n) is 5.39. The summed E-state index contributed by atoms with van der Waals surface area (Å²) in [5.74, 6) is 1.20. The van der Waals surface area contributed by atoms with Crippen molar-refractivity contribution in [1.82, 2.24) is 9.55 Å². The van der Waals surface area contributed by atoms with E-state index >= 15 is 0 Å². The van der Waals surface area contributed by atoms with Crippen LogP contribution in [-0.4, -0.2) is 9.55 Å². The topological polar surface area (TPSA) is 43.8 Å². The molecule has 2 N–H and O–H groups in total. The molecule has 1 heterocycles. The minimum Gasteiger partial charge on any atom is -0.333 e. The SMILES string of the molecule is CC(C)C(N)c1cncn1CC1CC=CCC1. The van der Waals surface area contributed by atoms with Crippen LogP contribution < -0.4 is 5.73 Å². The maximum atomic E-state index is 6.21. The van der Waals surface area contributed by atoms with Gasteiger partial charge in [0.25, 0.3) is 0 Å². The molecule has 0 saturated heterocycles. The van der Waals surface area contributed by atoms with Gasteiger partial charge in [-0.25, -0.2) is 4.98 Å². The Morgan fingerprint density at radius 2 is 2.29 bits per heavy atom. The van der Waals surface area contributed by atoms with E-state index in [1.165, 1.54) is 25.0 Å². The molecule has 0 radical (unpaired) electrons. The average molecular weight is 233 g/mol. The molecule has 2 rings (SSSR count). The van der Waals surface area contributed by atoms with Crippen LogP contribution in [0.4, 0.5) is 0 Å². The summed E-state index contributed by atoms with van der Waals surface area (Å²) >= 11 is 0. The third-order valence-corrected chi connectivity index (χ3v) is 3.64. The minimum atomic E-state index is 0.0941. The summed E-state index contributed by atoms with van der Waals surface area (Å²) in [5, 5.41) is 0. The number of hydrogen-bond donors (Lipinski definition) is 1. The molecule has 2 atom stereocenters. The van der Waals surface area contributed by atoms with Gasteiger partial charge in [-0.05, 0) is 31.1 Å². The van der Waals surface area contributed by atoms with Crippen molar-refractivity contribution in [3.05, 3.63) is 30.4 Å². The largest absolute Gasteiger partial charge is 0.333 e. The third-order valence-electron chi connectivity index (χ3n) is 3.64. The van der Waals surface area contributed by atoms with E-state index in [0.29, 0.717) is 5.92 Å². The van der Waals surface area contributed by atoms with Gasteiger partial charge in [0.05, 0.1) is 12.0 Å². The fourth-order valence-electron chi connectivity index (χ4n) is 2.40. The fraction of sp³-hybridized carbons (Fsp3) is 0.643. The smallest absolute Gasteiger partial charge is 0.0948 e. The Labute approximate surface area is 104 Å². The predicted octanol–water partition coefficient (Wildman–Crippen LogP) is 2.90. The Morgan fingerprint density at radius 3 is 2.94 bits per heavy atom. The van der Waals surface area contributed by atoms with Crippen LogP contribution in [-0.2, 0) is 6.54 Å². The number of allylic oxidation sites excluding steroid dienone is 2. The Bertz CT molecular complexity index is 379. The van der Waals surface area contributed by atoms with Crippen LogP contribution in [0.3, 0.4) is 0 Å². The van der Waals surface area contributed by atoms with Gasteiger partial charge < -0.3 is 10.3 Å². The zero-order valence-corrected chi connectivity index (χ0v) is 10.8. The van der Waals surface area contributed by atoms with Crippen molar-refractivity contribution in [1.29, 1.82) is 0 Å². The molecule has 0 saturated carbocycles. The van der Waals surface area contributed by atoms with Crippen LogP contribution >= 0.6 is 0 Å². The summed E-state index contributed by atoms with van der Waals surface area (Å²) in [6, 6.07) is 0.0941. The highest BCUT2D eigenvalue weighted by molar-refractivity contribution is 5.06. The zero-order chi connectivity index (χ0) is 12.3. The number of imidazole rings is 1. The van der Waals surface area contributed by atoms with Gasteiger partial charge in [0.2, 0.25) is 0 Å². The Hall–Kier alpha value is -1.09. The second kappa shape index (κ2) is 5.50. The predicted molar refractivity (Wildman–Crippen MR) is 70.5 cm³/mol. The molecule has 1 aliphatic rings. The molecule has 2 unspecified atom stereocenters. The van der Waals surface area contributed by atoms with Crippen LogP contribution in [0, 0.1) is 11.8 Å². The van der Waals surface area contributed by atoms with Crippen LogP contribution in [0.1, 0.15) is 44.8 Å². The molecular weight excluding hydrogens is 210 g/mol. The van der Waals surface area contributed by atoms with E-state index in [2.05, 4.69) is 35.6 Å². The lowest BCUT2D eigenvalue weighted by Gasteiger charge is -2.22. The van der Waals surface area contributed by atoms with Gasteiger partial charge in [0.15, 0.2) is 0 Å². The summed E-state index contributed by atoms with van der Waals surface area (Å²) in [7, 11) is 0. The first kappa shape index (κ1) is 12.4. The maximum Gasteiger partial charge on any atom is 0.0948 e. The summed E-state index contributed by atoms with van der Waals surface area (Å²) < 4.78 is 2.24. The molecule has 0 bridgehead atoms. The molecule has 3 nitrogen and oxygen atoms in total. The first-order chi connectivity index (χ1) is 8.18. The first-order valence-electron chi connectivity index (χ1n) is 6.59. The molecule has 0 amide bonds. The van der Waals surface area contributed by atoms with Crippen molar-refractivity contribution in [2.45, 2.75) is 45.7 Å². The van der Waals surface area contributed by atoms with E-state index in [1.54, 1.807) is 0 Å². The number of hydrogen-bond acceptors (Lipinski definition) is 2. The maximum absolute atomic E-state index is 6.21. The highest BCUT2D eigenvalue weighted by Gasteiger charge is 2.17. The highest BCUT2D eigenvalue weighted by atomic mass is 15.1. The second-order valence-corrected chi connectivity index (χ2v) is 5.39. The van der Waals surface area contributed by atoms with Crippen molar-refractivity contribution in [3.63, 3.8) is 0 Å². The lowest BCUT2D eigenvalue weighted by Crippen LogP contribution is -2.22. The van der Waals surface area contributed by atoms with Gasteiger partial charge in [0.1, 0.15) is 0 Å². The van der Waals surface area contributed by atoms with E-state index < -0.39 is 0 Å². The van der Waals surface area contributed by atoms with E-state index in [1.807, 2.05) is 12.5 Å². The minimum absolute atomic E-state index is 0.0941. The standard InChI is InChI=1S/C14H23N3/c1-11(2)14(15)13-8-16-10-17(13)9-12-6-4-3-5-7-12/h3-4,8,10-12,14H,5-7,9,15H2,1-2H3. The monoisotopic (exact) mass is 233 g/mol. The molecule has 1 aromatic rings. The third kappa shape index (κ3) is 2.97. The van der Waals surface area contributed by atoms with Gasteiger partial charge in [0, 0.05) is 18.8 Å². The van der Waals surface area contributed by atoms with E-state index in [0.717, 1.165) is 12.5 Å². The average Bonchev–Trinajstić information content (AvgIpc) is 2.77. The van der Waals surface area contributed by atoms with Gasteiger partial charge in [-0.15, -0.1) is 0 Å². The van der Waals surface area contributed by atoms with Crippen LogP contribution in [0.25, 0.3) is 0 Å². The van der Waals surface area contributed by atoms with Crippen molar-refractivity contribution in [3.8, 4) is 0 Å². The first-order valence-corrected chi connectivity index (χ1v) is 6.59. The van der Waals surface area contributed by atoms with E-state index in [9.17, 15) is 0 Å². The summed E-state index contributed by atoms with van der Waals surface area (Å²) in [6.07, 6.45) is 12.1. The molecule has 94 valence electrons. The summed E-state index contributed by atoms with van der Waals surface area (Å²) in [5.41, 5.74) is 7.39. The van der Waals surface area contributed by atoms with Crippen molar-refractivity contribution in [2.75, 3.05) is 0 Å². The van der Waals surface area contributed by atoms with Crippen LogP contribution in [0.2, 0.25) is 0 Å². The number of nitrogens with two attached hydrogens (primary N) is 1. The van der Waals surface area contributed by atoms with E-state index in [4.69, 9.17) is 5.73 Å². The quantitative estimate of drug-likeness (QED) is 0.813. The lowest BCUT2D eigenvalue weighted by atomic mass is 9.94. The van der Waals surface area contributed by atoms with Crippen molar-refractivity contribution < 1.29 is 0 Å². The van der Waals surface area contributed by atoms with Gasteiger partial charge in [-0.2, -0.15) is 0 Å². The van der Waals surface area contributed by atoms with Gasteiger partial charge >= 0.3 is 0 Å². The fourth-order valence-corrected chi connectivity index (χ4v) is 2.40. The summed E-state index contributed by atoms with van der Waals surface area (Å²) in [4.78, 5) is 4.26. The van der Waals surface area contributed by atoms with Gasteiger partial charge in [-0.3, -0.25) is 0 Å². The highest BCUT2D eigenvalue weighted by Crippen LogP contribution is 2.23. The molecular formula is C14H23N3. The van der Waals surface area contributed by atoms with E-state index in [-0.39, 0.29) is 6.04 Å². The Balaban J connectivity index is 2.05. The lowest BCUT2D eigenvalue weighted by molar-refractivity contribution is 0.388. The molecule has 0 fully saturated rings. The Kier molecular flexibility index (Phi) is 4.00. The number of aromatic nitrogens is 2. The van der Waals surface area contributed by atoms with Crippen molar-refractivity contribution in [2.24, 2.45) is 17.6 Å². The van der Waals surface area contributed by atoms with Gasteiger partial charge in [-0.1, -0.05) is 26.0 Å². The summed E-state index contributed by atoms with van der Waals surface area (Å²) in [6.45, 7) is 5.37. The molecule has 0 aromatic carbocycles. The van der Waals surface area contributed by atoms with Crippen LogP contribution in [0.5, 0.6) is 0 Å².